The normalized spacial score (nSPS) is 17.6. The van der Waals surface area contributed by atoms with Crippen LogP contribution < -0.4 is 10.1 Å². The van der Waals surface area contributed by atoms with Gasteiger partial charge < -0.3 is 14.5 Å². The highest BCUT2D eigenvalue weighted by Gasteiger charge is 2.28. The van der Waals surface area contributed by atoms with Gasteiger partial charge in [-0.25, -0.2) is 4.39 Å². The largest absolute Gasteiger partial charge is 0.497 e. The molecule has 0 aliphatic carbocycles. The zero-order chi connectivity index (χ0) is 14.7. The molecule has 1 aliphatic rings. The fourth-order valence-electron chi connectivity index (χ4n) is 2.77. The van der Waals surface area contributed by atoms with Gasteiger partial charge in [0.25, 0.3) is 0 Å². The van der Waals surface area contributed by atoms with Crippen molar-refractivity contribution in [3.63, 3.8) is 0 Å². The van der Waals surface area contributed by atoms with Crippen molar-refractivity contribution in [2.75, 3.05) is 33.3 Å². The van der Waals surface area contributed by atoms with Crippen LogP contribution in [0.1, 0.15) is 17.4 Å². The number of nitrogens with one attached hydrogen (secondary N) is 1. The van der Waals surface area contributed by atoms with Crippen LogP contribution in [0.4, 0.5) is 4.39 Å². The van der Waals surface area contributed by atoms with E-state index in [1.807, 2.05) is 12.1 Å². The number of halogens is 1. The van der Waals surface area contributed by atoms with Gasteiger partial charge >= 0.3 is 0 Å². The maximum absolute atomic E-state index is 14.5. The zero-order valence-electron chi connectivity index (χ0n) is 12.0. The van der Waals surface area contributed by atoms with Gasteiger partial charge in [0.2, 0.25) is 0 Å². The molecule has 4 nitrogen and oxygen atoms in total. The van der Waals surface area contributed by atoms with Crippen molar-refractivity contribution >= 4 is 0 Å². The van der Waals surface area contributed by atoms with Crippen molar-refractivity contribution in [2.45, 2.75) is 6.04 Å². The average Bonchev–Trinajstić information content (AvgIpc) is 3.04. The third kappa shape index (κ3) is 2.94. The molecule has 1 aliphatic heterocycles. The van der Waals surface area contributed by atoms with E-state index in [1.165, 1.54) is 13.2 Å². The summed E-state index contributed by atoms with van der Waals surface area (Å²) in [5.74, 6) is 1.02. The second-order valence-electron chi connectivity index (χ2n) is 5.09. The lowest BCUT2D eigenvalue weighted by molar-refractivity contribution is 0.177. The molecule has 0 radical (unpaired) electrons. The van der Waals surface area contributed by atoms with E-state index in [0.717, 1.165) is 31.9 Å². The Balaban J connectivity index is 1.98. The molecule has 1 N–H and O–H groups in total. The van der Waals surface area contributed by atoms with Crippen molar-refractivity contribution in [2.24, 2.45) is 0 Å². The van der Waals surface area contributed by atoms with E-state index in [4.69, 9.17) is 9.15 Å². The Morgan fingerprint density at radius 3 is 2.71 bits per heavy atom. The topological polar surface area (TPSA) is 37.6 Å². The minimum absolute atomic E-state index is 0.201. The van der Waals surface area contributed by atoms with Crippen molar-refractivity contribution in [3.05, 3.63) is 53.7 Å². The Hall–Kier alpha value is -1.85. The average molecular weight is 290 g/mol. The molecule has 112 valence electrons. The predicted octanol–water partition coefficient (Wildman–Crippen LogP) is 2.42. The summed E-state index contributed by atoms with van der Waals surface area (Å²) in [7, 11) is 1.54. The maximum atomic E-state index is 14.5. The van der Waals surface area contributed by atoms with Crippen LogP contribution in [0.25, 0.3) is 0 Å². The van der Waals surface area contributed by atoms with Gasteiger partial charge in [0, 0.05) is 37.8 Å². The van der Waals surface area contributed by atoms with Crippen LogP contribution in [0.3, 0.4) is 0 Å². The molecule has 1 saturated heterocycles. The van der Waals surface area contributed by atoms with Crippen LogP contribution in [0.5, 0.6) is 5.75 Å². The quantitative estimate of drug-likeness (QED) is 0.938. The molecule has 3 rings (SSSR count). The van der Waals surface area contributed by atoms with Gasteiger partial charge in [-0.3, -0.25) is 4.90 Å². The molecule has 1 atom stereocenters. The smallest absolute Gasteiger partial charge is 0.132 e. The number of nitrogens with zero attached hydrogens (tertiary/aromatic N) is 1. The molecule has 1 fully saturated rings. The summed E-state index contributed by atoms with van der Waals surface area (Å²) >= 11 is 0. The molecule has 5 heteroatoms. The van der Waals surface area contributed by atoms with E-state index >= 15 is 0 Å². The lowest BCUT2D eigenvalue weighted by atomic mass is 10.0. The molecule has 1 aromatic heterocycles. The van der Waals surface area contributed by atoms with Crippen LogP contribution in [-0.2, 0) is 0 Å². The van der Waals surface area contributed by atoms with Crippen LogP contribution in [0.2, 0.25) is 0 Å². The van der Waals surface area contributed by atoms with Crippen LogP contribution in [0, 0.1) is 5.82 Å². The second kappa shape index (κ2) is 6.28. The standard InChI is InChI=1S/C16H19FN2O2/c1-20-12-4-5-13(14(17)11-12)16(15-3-2-10-21-15)19-8-6-18-7-9-19/h2-5,10-11,16,18H,6-9H2,1H3/t16-/m0/s1. The molecule has 2 heterocycles. The summed E-state index contributed by atoms with van der Waals surface area (Å²) in [6.45, 7) is 3.51. The zero-order valence-corrected chi connectivity index (χ0v) is 12.0. The van der Waals surface area contributed by atoms with Gasteiger partial charge in [0.15, 0.2) is 0 Å². The summed E-state index contributed by atoms with van der Waals surface area (Å²) in [5, 5.41) is 3.31. The number of hydrogen-bond donors (Lipinski definition) is 1. The van der Waals surface area contributed by atoms with Crippen molar-refractivity contribution < 1.29 is 13.5 Å². The Kier molecular flexibility index (Phi) is 4.22. The van der Waals surface area contributed by atoms with Gasteiger partial charge in [-0.1, -0.05) is 6.07 Å². The van der Waals surface area contributed by atoms with E-state index in [0.29, 0.717) is 11.3 Å². The predicted molar refractivity (Wildman–Crippen MR) is 77.9 cm³/mol. The van der Waals surface area contributed by atoms with E-state index in [9.17, 15) is 4.39 Å². The van der Waals surface area contributed by atoms with Gasteiger partial charge in [-0.2, -0.15) is 0 Å². The van der Waals surface area contributed by atoms with Crippen LogP contribution in [0.15, 0.2) is 41.0 Å². The van der Waals surface area contributed by atoms with E-state index in [1.54, 1.807) is 18.4 Å². The van der Waals surface area contributed by atoms with Gasteiger partial charge in [0.1, 0.15) is 17.3 Å². The van der Waals surface area contributed by atoms with Crippen LogP contribution in [-0.4, -0.2) is 38.2 Å². The Morgan fingerprint density at radius 2 is 2.10 bits per heavy atom. The first kappa shape index (κ1) is 14.1. The molecule has 0 bridgehead atoms. The fraction of sp³-hybridized carbons (Fsp3) is 0.375. The number of methoxy groups -OCH3 is 1. The summed E-state index contributed by atoms with van der Waals surface area (Å²) in [5.41, 5.74) is 0.618. The van der Waals surface area contributed by atoms with Gasteiger partial charge in [0.05, 0.1) is 19.4 Å². The third-order valence-electron chi connectivity index (χ3n) is 3.83. The molecular formula is C16H19FN2O2. The lowest BCUT2D eigenvalue weighted by Gasteiger charge is -2.34. The summed E-state index contributed by atoms with van der Waals surface area (Å²) < 4.78 is 25.1. The minimum atomic E-state index is -0.269. The Morgan fingerprint density at radius 1 is 1.29 bits per heavy atom. The molecular weight excluding hydrogens is 271 g/mol. The van der Waals surface area contributed by atoms with Crippen LogP contribution >= 0.6 is 0 Å². The summed E-state index contributed by atoms with van der Waals surface area (Å²) in [6, 6.07) is 8.53. The summed E-state index contributed by atoms with van der Waals surface area (Å²) in [4.78, 5) is 2.24. The molecule has 0 unspecified atom stereocenters. The third-order valence-corrected chi connectivity index (χ3v) is 3.83. The summed E-state index contributed by atoms with van der Waals surface area (Å²) in [6.07, 6.45) is 1.63. The SMILES string of the molecule is COc1ccc([C@@H](c2ccco2)N2CCNCC2)c(F)c1. The number of piperazine rings is 1. The first-order valence-corrected chi connectivity index (χ1v) is 7.11. The molecule has 1 aromatic carbocycles. The molecule has 0 saturated carbocycles. The minimum Gasteiger partial charge on any atom is -0.497 e. The van der Waals surface area contributed by atoms with Crippen molar-refractivity contribution in [1.29, 1.82) is 0 Å². The Bertz CT molecular complexity index is 580. The van der Waals surface area contributed by atoms with E-state index < -0.39 is 0 Å². The molecule has 0 spiro atoms. The second-order valence-corrected chi connectivity index (χ2v) is 5.09. The maximum Gasteiger partial charge on any atom is 0.132 e. The highest BCUT2D eigenvalue weighted by atomic mass is 19.1. The highest BCUT2D eigenvalue weighted by Crippen LogP contribution is 2.32. The molecule has 0 amide bonds. The monoisotopic (exact) mass is 290 g/mol. The Labute approximate surface area is 123 Å². The van der Waals surface area contributed by atoms with Crippen molar-refractivity contribution in [1.82, 2.24) is 10.2 Å². The highest BCUT2D eigenvalue weighted by molar-refractivity contribution is 5.34. The molecule has 2 aromatic rings. The van der Waals surface area contributed by atoms with E-state index in [-0.39, 0.29) is 11.9 Å². The van der Waals surface area contributed by atoms with Gasteiger partial charge in [-0.15, -0.1) is 0 Å². The number of hydrogen-bond acceptors (Lipinski definition) is 4. The number of rotatable bonds is 4. The molecule has 21 heavy (non-hydrogen) atoms. The number of furan rings is 1. The lowest BCUT2D eigenvalue weighted by Crippen LogP contribution is -2.45. The fourth-order valence-corrected chi connectivity index (χ4v) is 2.77. The number of benzene rings is 1. The van der Waals surface area contributed by atoms with Crippen molar-refractivity contribution in [3.8, 4) is 5.75 Å². The van der Waals surface area contributed by atoms with E-state index in [2.05, 4.69) is 10.2 Å². The first-order chi connectivity index (χ1) is 10.3. The number of ether oxygens (including phenoxy) is 1. The first-order valence-electron chi connectivity index (χ1n) is 7.11. The van der Waals surface area contributed by atoms with Gasteiger partial charge in [-0.05, 0) is 18.2 Å².